The fraction of sp³-hybridized carbons (Fsp3) is 0.188. The van der Waals surface area contributed by atoms with Crippen molar-refractivity contribution in [1.29, 1.82) is 0 Å². The molecule has 0 saturated carbocycles. The van der Waals surface area contributed by atoms with Crippen LogP contribution in [0.2, 0.25) is 0 Å². The van der Waals surface area contributed by atoms with E-state index >= 15 is 0 Å². The van der Waals surface area contributed by atoms with E-state index < -0.39 is 22.4 Å². The number of aromatic nitrogens is 1. The highest BCUT2D eigenvalue weighted by Crippen LogP contribution is 2.06. The molecule has 0 aliphatic carbocycles. The number of nitrogens with one attached hydrogen (secondary N) is 2. The Hall–Kier alpha value is -3.49. The van der Waals surface area contributed by atoms with Gasteiger partial charge in [-0.05, 0) is 5.56 Å². The Morgan fingerprint density at radius 3 is 2.52 bits per heavy atom. The van der Waals surface area contributed by atoms with Crippen molar-refractivity contribution in [3.05, 3.63) is 74.7 Å². The van der Waals surface area contributed by atoms with Crippen LogP contribution in [0.15, 0.2) is 53.5 Å². The Kier molecular flexibility index (Phi) is 5.99. The molecule has 1 aromatic heterocycles. The molecule has 9 heteroatoms. The number of imide groups is 1. The molecule has 130 valence electrons. The Morgan fingerprint density at radius 2 is 1.84 bits per heavy atom. The molecule has 1 aromatic carbocycles. The minimum atomic E-state index is -0.653. The van der Waals surface area contributed by atoms with E-state index in [2.05, 4.69) is 10.6 Å². The number of benzene rings is 1. The zero-order valence-corrected chi connectivity index (χ0v) is 13.2. The van der Waals surface area contributed by atoms with E-state index in [0.29, 0.717) is 0 Å². The molecule has 0 aliphatic heterocycles. The molecule has 0 radical (unpaired) electrons. The molecule has 0 unspecified atom stereocenters. The zero-order valence-electron chi connectivity index (χ0n) is 13.2. The van der Waals surface area contributed by atoms with E-state index in [0.717, 1.165) is 28.5 Å². The average molecular weight is 344 g/mol. The molecule has 2 rings (SSSR count). The fourth-order valence-corrected chi connectivity index (χ4v) is 2.03. The molecule has 9 nitrogen and oxygen atoms in total. The summed E-state index contributed by atoms with van der Waals surface area (Å²) in [6, 6.07) is 10.7. The summed E-state index contributed by atoms with van der Waals surface area (Å²) >= 11 is 0. The quantitative estimate of drug-likeness (QED) is 0.601. The van der Waals surface area contributed by atoms with E-state index in [1.54, 1.807) is 0 Å². The fourth-order valence-electron chi connectivity index (χ4n) is 2.03. The smallest absolute Gasteiger partial charge is 0.321 e. The third-order valence-electron chi connectivity index (χ3n) is 3.31. The highest BCUT2D eigenvalue weighted by Gasteiger charge is 2.11. The summed E-state index contributed by atoms with van der Waals surface area (Å²) in [5.74, 6) is -0.594. The molecule has 0 aliphatic rings. The van der Waals surface area contributed by atoms with Gasteiger partial charge in [-0.15, -0.1) is 0 Å². The van der Waals surface area contributed by atoms with Crippen molar-refractivity contribution < 1.29 is 14.5 Å². The second-order valence-corrected chi connectivity index (χ2v) is 5.14. The van der Waals surface area contributed by atoms with Crippen LogP contribution in [0.3, 0.4) is 0 Å². The SMILES string of the molecule is O=C(CCn1cc([N+](=O)[O-])ccc1=O)NC(=O)NCc1ccccc1. The molecular weight excluding hydrogens is 328 g/mol. The molecule has 0 bridgehead atoms. The highest BCUT2D eigenvalue weighted by atomic mass is 16.6. The van der Waals surface area contributed by atoms with Gasteiger partial charge in [0.25, 0.3) is 11.2 Å². The third kappa shape index (κ3) is 5.57. The van der Waals surface area contributed by atoms with Crippen LogP contribution in [0.4, 0.5) is 10.5 Å². The molecule has 25 heavy (non-hydrogen) atoms. The van der Waals surface area contributed by atoms with Gasteiger partial charge in [0.15, 0.2) is 0 Å². The van der Waals surface area contributed by atoms with Crippen LogP contribution in [0.5, 0.6) is 0 Å². The summed E-state index contributed by atoms with van der Waals surface area (Å²) in [6.07, 6.45) is 0.894. The first kappa shape index (κ1) is 17.9. The summed E-state index contributed by atoms with van der Waals surface area (Å²) in [6.45, 7) is 0.197. The molecule has 2 N–H and O–H groups in total. The van der Waals surface area contributed by atoms with Gasteiger partial charge in [-0.1, -0.05) is 30.3 Å². The van der Waals surface area contributed by atoms with Crippen LogP contribution in [0, 0.1) is 10.1 Å². The highest BCUT2D eigenvalue weighted by molar-refractivity contribution is 5.94. The van der Waals surface area contributed by atoms with Gasteiger partial charge in [-0.3, -0.25) is 25.0 Å². The summed E-state index contributed by atoms with van der Waals surface area (Å²) in [5, 5.41) is 15.4. The lowest BCUT2D eigenvalue weighted by molar-refractivity contribution is -0.385. The predicted molar refractivity (Wildman–Crippen MR) is 88.8 cm³/mol. The van der Waals surface area contributed by atoms with Gasteiger partial charge in [0.05, 0.1) is 11.1 Å². The van der Waals surface area contributed by atoms with Crippen molar-refractivity contribution in [1.82, 2.24) is 15.2 Å². The van der Waals surface area contributed by atoms with Crippen LogP contribution in [0.1, 0.15) is 12.0 Å². The van der Waals surface area contributed by atoms with Gasteiger partial charge in [-0.2, -0.15) is 0 Å². The summed E-state index contributed by atoms with van der Waals surface area (Å²) < 4.78 is 1.06. The van der Waals surface area contributed by atoms with Gasteiger partial charge < -0.3 is 9.88 Å². The van der Waals surface area contributed by atoms with Crippen molar-refractivity contribution in [2.45, 2.75) is 19.5 Å². The molecular formula is C16H16N4O5. The molecule has 0 fully saturated rings. The maximum absolute atomic E-state index is 11.7. The van der Waals surface area contributed by atoms with Gasteiger partial charge in [0.1, 0.15) is 0 Å². The first-order valence-corrected chi connectivity index (χ1v) is 7.42. The average Bonchev–Trinajstić information content (AvgIpc) is 2.60. The first-order chi connectivity index (χ1) is 12.0. The molecule has 0 atom stereocenters. The normalized spacial score (nSPS) is 10.1. The lowest BCUT2D eigenvalue weighted by Gasteiger charge is -2.08. The van der Waals surface area contributed by atoms with Crippen LogP contribution in [-0.2, 0) is 17.9 Å². The maximum Gasteiger partial charge on any atom is 0.321 e. The first-order valence-electron chi connectivity index (χ1n) is 7.42. The zero-order chi connectivity index (χ0) is 18.2. The number of carbonyl (C=O) groups is 2. The number of pyridine rings is 1. The third-order valence-corrected chi connectivity index (χ3v) is 3.31. The van der Waals surface area contributed by atoms with Crippen LogP contribution >= 0.6 is 0 Å². The van der Waals surface area contributed by atoms with E-state index in [1.165, 1.54) is 0 Å². The second-order valence-electron chi connectivity index (χ2n) is 5.14. The van der Waals surface area contributed by atoms with Crippen LogP contribution in [-0.4, -0.2) is 21.4 Å². The van der Waals surface area contributed by atoms with E-state index in [4.69, 9.17) is 0 Å². The minimum absolute atomic E-state index is 0.0711. The van der Waals surface area contributed by atoms with Gasteiger partial charge in [0.2, 0.25) is 5.91 Å². The van der Waals surface area contributed by atoms with Crippen molar-refractivity contribution >= 4 is 17.6 Å². The van der Waals surface area contributed by atoms with E-state index in [9.17, 15) is 24.5 Å². The van der Waals surface area contributed by atoms with E-state index in [-0.39, 0.29) is 25.2 Å². The van der Waals surface area contributed by atoms with E-state index in [1.807, 2.05) is 30.3 Å². The summed E-state index contributed by atoms with van der Waals surface area (Å²) in [7, 11) is 0. The largest absolute Gasteiger partial charge is 0.334 e. The standard InChI is InChI=1S/C16H16N4O5/c21-14(18-16(23)17-10-12-4-2-1-3-5-12)8-9-19-11-13(20(24)25)6-7-15(19)22/h1-7,11H,8-10H2,(H2,17,18,21,23). The number of hydrogen-bond acceptors (Lipinski definition) is 5. The number of carbonyl (C=O) groups excluding carboxylic acids is 2. The number of aryl methyl sites for hydroxylation is 1. The molecule has 0 saturated heterocycles. The van der Waals surface area contributed by atoms with Gasteiger partial charge in [-0.25, -0.2) is 4.79 Å². The number of nitrogens with zero attached hydrogens (tertiary/aromatic N) is 2. The topological polar surface area (TPSA) is 123 Å². The molecule has 2 aromatic rings. The monoisotopic (exact) mass is 344 g/mol. The number of nitro groups is 1. The minimum Gasteiger partial charge on any atom is -0.334 e. The summed E-state index contributed by atoms with van der Waals surface area (Å²) in [5.41, 5.74) is 0.167. The predicted octanol–water partition coefficient (Wildman–Crippen LogP) is 1.17. The number of rotatable bonds is 6. The Morgan fingerprint density at radius 1 is 1.12 bits per heavy atom. The Bertz CT molecular complexity index is 832. The number of amides is 3. The second kappa shape index (κ2) is 8.39. The molecule has 3 amide bonds. The van der Waals surface area contributed by atoms with Crippen molar-refractivity contribution in [2.24, 2.45) is 0 Å². The van der Waals surface area contributed by atoms with Gasteiger partial charge >= 0.3 is 6.03 Å². The Labute approximate surface area is 142 Å². The van der Waals surface area contributed by atoms with Crippen molar-refractivity contribution in [3.8, 4) is 0 Å². The lowest BCUT2D eigenvalue weighted by atomic mass is 10.2. The Balaban J connectivity index is 1.82. The van der Waals surface area contributed by atoms with Crippen molar-refractivity contribution in [3.63, 3.8) is 0 Å². The van der Waals surface area contributed by atoms with Gasteiger partial charge in [0, 0.05) is 31.6 Å². The summed E-state index contributed by atoms with van der Waals surface area (Å²) in [4.78, 5) is 45.1. The maximum atomic E-state index is 11.7. The van der Waals surface area contributed by atoms with Crippen LogP contribution < -0.4 is 16.2 Å². The molecule has 0 spiro atoms. The number of hydrogen-bond donors (Lipinski definition) is 2. The molecule has 1 heterocycles. The van der Waals surface area contributed by atoms with Crippen molar-refractivity contribution in [2.75, 3.05) is 0 Å². The lowest BCUT2D eigenvalue weighted by Crippen LogP contribution is -2.39. The number of urea groups is 1. The van der Waals surface area contributed by atoms with Crippen LogP contribution in [0.25, 0.3) is 0 Å².